The molecule has 0 aromatic heterocycles. The van der Waals surface area contributed by atoms with E-state index >= 15 is 0 Å². The number of nitrogens with two attached hydrogens (primary N) is 1. The number of unbranched alkanes of at least 4 members (excludes halogenated alkanes) is 9. The second-order valence-electron chi connectivity index (χ2n) is 6.82. The minimum Gasteiger partial charge on any atom is -0.391 e. The smallest absolute Gasteiger partial charge is 0.0887 e. The van der Waals surface area contributed by atoms with Gasteiger partial charge in [-0.3, -0.25) is 0 Å². The maximum absolute atomic E-state index is 9.83. The van der Waals surface area contributed by atoms with Gasteiger partial charge in [-0.05, 0) is 26.7 Å². The minimum absolute atomic E-state index is 0.761. The van der Waals surface area contributed by atoms with Crippen molar-refractivity contribution < 1.29 is 10.2 Å². The van der Waals surface area contributed by atoms with Crippen molar-refractivity contribution in [2.45, 2.75) is 109 Å². The fraction of sp³-hybridized carbons (Fsp3) is 0.895. The third-order valence-corrected chi connectivity index (χ3v) is 4.83. The van der Waals surface area contributed by atoms with Gasteiger partial charge in [-0.2, -0.15) is 0 Å². The summed E-state index contributed by atoms with van der Waals surface area (Å²) in [5.41, 5.74) is 5.83. The molecule has 3 heteroatoms. The third kappa shape index (κ3) is 7.75. The molecule has 0 aromatic carbocycles. The van der Waals surface area contributed by atoms with Crippen LogP contribution in [0, 0.1) is 0 Å². The molecule has 2 atom stereocenters. The van der Waals surface area contributed by atoms with Gasteiger partial charge in [0.2, 0.25) is 0 Å². The zero-order valence-corrected chi connectivity index (χ0v) is 15.1. The van der Waals surface area contributed by atoms with Crippen LogP contribution in [0.1, 0.15) is 91.4 Å². The van der Waals surface area contributed by atoms with Gasteiger partial charge in [-0.25, -0.2) is 0 Å². The normalized spacial score (nSPS) is 17.0. The predicted octanol–water partition coefficient (Wildman–Crippen LogP) is 4.31. The van der Waals surface area contributed by atoms with Gasteiger partial charge in [0.15, 0.2) is 0 Å². The maximum Gasteiger partial charge on any atom is 0.0887 e. The zero-order valence-electron chi connectivity index (χ0n) is 15.1. The van der Waals surface area contributed by atoms with Gasteiger partial charge >= 0.3 is 0 Å². The van der Waals surface area contributed by atoms with E-state index in [1.54, 1.807) is 13.8 Å². The van der Waals surface area contributed by atoms with Crippen molar-refractivity contribution in [3.8, 4) is 0 Å². The quantitative estimate of drug-likeness (QED) is 0.330. The van der Waals surface area contributed by atoms with E-state index in [2.05, 4.69) is 13.5 Å². The Labute approximate surface area is 138 Å². The summed E-state index contributed by atoms with van der Waals surface area (Å²) in [6, 6.07) is 0. The van der Waals surface area contributed by atoms with Crippen LogP contribution in [0.5, 0.6) is 0 Å². The summed E-state index contributed by atoms with van der Waals surface area (Å²) < 4.78 is 0. The van der Waals surface area contributed by atoms with Gasteiger partial charge < -0.3 is 15.9 Å². The lowest BCUT2D eigenvalue weighted by Crippen LogP contribution is -2.58. The second-order valence-corrected chi connectivity index (χ2v) is 6.82. The van der Waals surface area contributed by atoms with E-state index in [0.717, 1.165) is 18.4 Å². The van der Waals surface area contributed by atoms with Crippen molar-refractivity contribution in [1.29, 1.82) is 0 Å². The van der Waals surface area contributed by atoms with Crippen LogP contribution in [-0.4, -0.2) is 28.0 Å². The summed E-state index contributed by atoms with van der Waals surface area (Å²) in [7, 11) is 0. The van der Waals surface area contributed by atoms with Crippen molar-refractivity contribution >= 4 is 0 Å². The van der Waals surface area contributed by atoms with E-state index in [9.17, 15) is 10.2 Å². The molecule has 0 bridgehead atoms. The molecule has 0 amide bonds. The highest BCUT2D eigenvalue weighted by Crippen LogP contribution is 2.26. The molecule has 0 radical (unpaired) electrons. The number of aliphatic hydroxyl groups excluding tert-OH is 2. The van der Waals surface area contributed by atoms with Gasteiger partial charge in [0, 0.05) is 0 Å². The molecule has 0 aliphatic carbocycles. The van der Waals surface area contributed by atoms with Crippen LogP contribution in [0.25, 0.3) is 0 Å². The SMILES string of the molecule is C=C(CCCCCCCCCCCC)C(N)(C(C)O)C(C)O. The number of rotatable bonds is 14. The monoisotopic (exact) mass is 313 g/mol. The molecule has 0 fully saturated rings. The average Bonchev–Trinajstić information content (AvgIpc) is 2.47. The standard InChI is InChI=1S/C19H39NO2/c1-5-6-7-8-9-10-11-12-13-14-15-16(2)19(20,17(3)21)18(4)22/h17-18,21-22H,2,5-15,20H2,1,3-4H3. The van der Waals surface area contributed by atoms with Gasteiger partial charge in [-0.1, -0.05) is 76.9 Å². The van der Waals surface area contributed by atoms with E-state index in [0.29, 0.717) is 0 Å². The molecular formula is C19H39NO2. The van der Waals surface area contributed by atoms with Crippen molar-refractivity contribution in [2.24, 2.45) is 5.73 Å². The topological polar surface area (TPSA) is 66.5 Å². The van der Waals surface area contributed by atoms with Gasteiger partial charge in [0.05, 0.1) is 17.7 Å². The van der Waals surface area contributed by atoms with Crippen LogP contribution < -0.4 is 5.73 Å². The Hall–Kier alpha value is -0.380. The maximum atomic E-state index is 9.83. The minimum atomic E-state index is -1.08. The van der Waals surface area contributed by atoms with E-state index in [-0.39, 0.29) is 0 Å². The van der Waals surface area contributed by atoms with Gasteiger partial charge in [0.25, 0.3) is 0 Å². The first-order valence-corrected chi connectivity index (χ1v) is 9.20. The molecule has 0 aliphatic heterocycles. The summed E-state index contributed by atoms with van der Waals surface area (Å²) in [6.07, 6.45) is 12.1. The molecule has 0 aromatic rings. The van der Waals surface area contributed by atoms with E-state index in [1.165, 1.54) is 57.8 Å². The second kappa shape index (κ2) is 12.1. The van der Waals surface area contributed by atoms with Crippen molar-refractivity contribution in [3.05, 3.63) is 12.2 Å². The first kappa shape index (κ1) is 21.6. The molecule has 4 N–H and O–H groups in total. The number of hydrogen-bond acceptors (Lipinski definition) is 3. The Morgan fingerprint density at radius 2 is 1.23 bits per heavy atom. The third-order valence-electron chi connectivity index (χ3n) is 4.83. The predicted molar refractivity (Wildman–Crippen MR) is 95.9 cm³/mol. The zero-order chi connectivity index (χ0) is 17.0. The van der Waals surface area contributed by atoms with Crippen LogP contribution >= 0.6 is 0 Å². The first-order chi connectivity index (χ1) is 10.4. The summed E-state index contributed by atoms with van der Waals surface area (Å²) in [5.74, 6) is 0. The van der Waals surface area contributed by atoms with Gasteiger partial charge in [0.1, 0.15) is 0 Å². The summed E-state index contributed by atoms with van der Waals surface area (Å²) >= 11 is 0. The van der Waals surface area contributed by atoms with Crippen LogP contribution in [0.15, 0.2) is 12.2 Å². The molecule has 3 nitrogen and oxygen atoms in total. The number of hydrogen-bond donors (Lipinski definition) is 3. The van der Waals surface area contributed by atoms with E-state index in [4.69, 9.17) is 5.73 Å². The van der Waals surface area contributed by atoms with Crippen molar-refractivity contribution in [2.75, 3.05) is 0 Å². The molecule has 2 unspecified atom stereocenters. The van der Waals surface area contributed by atoms with Crippen molar-refractivity contribution in [1.82, 2.24) is 0 Å². The molecule has 0 saturated heterocycles. The lowest BCUT2D eigenvalue weighted by molar-refractivity contribution is 0.0267. The Morgan fingerprint density at radius 3 is 1.59 bits per heavy atom. The molecule has 0 spiro atoms. The van der Waals surface area contributed by atoms with E-state index < -0.39 is 17.7 Å². The highest BCUT2D eigenvalue weighted by atomic mass is 16.3. The fourth-order valence-corrected chi connectivity index (χ4v) is 2.98. The van der Waals surface area contributed by atoms with Crippen LogP contribution in [0.4, 0.5) is 0 Å². The van der Waals surface area contributed by atoms with Gasteiger partial charge in [-0.15, -0.1) is 0 Å². The Bertz CT molecular complexity index is 279. The van der Waals surface area contributed by atoms with Crippen molar-refractivity contribution in [3.63, 3.8) is 0 Å². The summed E-state index contributed by atoms with van der Waals surface area (Å²) in [4.78, 5) is 0. The molecule has 0 heterocycles. The first-order valence-electron chi connectivity index (χ1n) is 9.20. The molecule has 0 saturated carbocycles. The lowest BCUT2D eigenvalue weighted by atomic mass is 9.79. The lowest BCUT2D eigenvalue weighted by Gasteiger charge is -2.37. The highest BCUT2D eigenvalue weighted by molar-refractivity contribution is 5.20. The molecule has 0 aliphatic rings. The molecule has 132 valence electrons. The Kier molecular flexibility index (Phi) is 11.9. The highest BCUT2D eigenvalue weighted by Gasteiger charge is 2.38. The summed E-state index contributed by atoms with van der Waals surface area (Å²) in [6.45, 7) is 9.49. The summed E-state index contributed by atoms with van der Waals surface area (Å²) in [5, 5.41) is 19.7. The number of aliphatic hydroxyl groups is 2. The molecule has 0 rings (SSSR count). The van der Waals surface area contributed by atoms with E-state index in [1.807, 2.05) is 0 Å². The van der Waals surface area contributed by atoms with Crippen LogP contribution in [0.2, 0.25) is 0 Å². The fourth-order valence-electron chi connectivity index (χ4n) is 2.98. The average molecular weight is 314 g/mol. The van der Waals surface area contributed by atoms with Crippen LogP contribution in [0.3, 0.4) is 0 Å². The Balaban J connectivity index is 3.72. The Morgan fingerprint density at radius 1 is 0.864 bits per heavy atom. The molecule has 22 heavy (non-hydrogen) atoms. The molecular weight excluding hydrogens is 274 g/mol. The van der Waals surface area contributed by atoms with Crippen LogP contribution in [-0.2, 0) is 0 Å². The largest absolute Gasteiger partial charge is 0.391 e.